The number of anilines is 1. The van der Waals surface area contributed by atoms with E-state index < -0.39 is 11.6 Å². The highest BCUT2D eigenvalue weighted by Crippen LogP contribution is 2.29. The van der Waals surface area contributed by atoms with Crippen molar-refractivity contribution in [3.05, 3.63) is 56.8 Å². The van der Waals surface area contributed by atoms with Gasteiger partial charge in [0.15, 0.2) is 5.78 Å². The van der Waals surface area contributed by atoms with Crippen molar-refractivity contribution < 1.29 is 13.9 Å². The van der Waals surface area contributed by atoms with Gasteiger partial charge in [0.2, 0.25) is 0 Å². The normalized spacial score (nSPS) is 10.4. The average molecular weight is 359 g/mol. The fourth-order valence-electron chi connectivity index (χ4n) is 1.70. The lowest BCUT2D eigenvalue weighted by atomic mass is 10.0. The van der Waals surface area contributed by atoms with Crippen LogP contribution in [0.1, 0.15) is 15.9 Å². The first-order valence-corrected chi connectivity index (χ1v) is 6.74. The van der Waals surface area contributed by atoms with Gasteiger partial charge >= 0.3 is 0 Å². The van der Waals surface area contributed by atoms with Gasteiger partial charge in [-0.3, -0.25) is 4.79 Å². The number of methoxy groups -OCH3 is 1. The molecule has 0 heterocycles. The van der Waals surface area contributed by atoms with Crippen molar-refractivity contribution in [3.8, 4) is 5.75 Å². The molecule has 0 atom stereocenters. The largest absolute Gasteiger partial charge is 0.497 e. The van der Waals surface area contributed by atoms with Crippen molar-refractivity contribution in [3.63, 3.8) is 0 Å². The lowest BCUT2D eigenvalue weighted by Crippen LogP contribution is -2.08. The van der Waals surface area contributed by atoms with Crippen molar-refractivity contribution in [2.45, 2.75) is 0 Å². The number of nitrogen functional groups attached to an aromatic ring is 1. The maximum Gasteiger partial charge on any atom is 0.198 e. The van der Waals surface area contributed by atoms with Gasteiger partial charge in [0.05, 0.1) is 17.7 Å². The summed E-state index contributed by atoms with van der Waals surface area (Å²) >= 11 is 8.99. The topological polar surface area (TPSA) is 52.3 Å². The molecule has 3 nitrogen and oxygen atoms in total. The number of benzene rings is 2. The molecule has 0 aliphatic carbocycles. The summed E-state index contributed by atoms with van der Waals surface area (Å²) in [6, 6.07) is 7.03. The van der Waals surface area contributed by atoms with Gasteiger partial charge < -0.3 is 10.5 Å². The Hall–Kier alpha value is -1.59. The van der Waals surface area contributed by atoms with Crippen LogP contribution in [0.15, 0.2) is 34.8 Å². The zero-order valence-corrected chi connectivity index (χ0v) is 12.8. The predicted molar refractivity (Wildman–Crippen MR) is 79.9 cm³/mol. The van der Waals surface area contributed by atoms with Crippen molar-refractivity contribution >= 4 is 39.0 Å². The van der Waals surface area contributed by atoms with Crippen LogP contribution in [-0.2, 0) is 0 Å². The molecule has 0 fully saturated rings. The summed E-state index contributed by atoms with van der Waals surface area (Å²) in [4.78, 5) is 12.4. The third-order valence-electron chi connectivity index (χ3n) is 2.76. The summed E-state index contributed by atoms with van der Waals surface area (Å²) in [5, 5.41) is 0.246. The Balaban J connectivity index is 2.54. The van der Waals surface area contributed by atoms with Crippen molar-refractivity contribution in [2.24, 2.45) is 0 Å². The van der Waals surface area contributed by atoms with Gasteiger partial charge in [0.1, 0.15) is 11.6 Å². The van der Waals surface area contributed by atoms with E-state index in [4.69, 9.17) is 22.1 Å². The molecule has 0 saturated heterocycles. The van der Waals surface area contributed by atoms with Gasteiger partial charge in [-0.2, -0.15) is 0 Å². The Morgan fingerprint density at radius 3 is 2.65 bits per heavy atom. The van der Waals surface area contributed by atoms with Crippen LogP contribution in [0.5, 0.6) is 5.75 Å². The van der Waals surface area contributed by atoms with E-state index >= 15 is 0 Å². The second-order valence-corrected chi connectivity index (χ2v) is 5.29. The summed E-state index contributed by atoms with van der Waals surface area (Å²) in [6.45, 7) is 0. The summed E-state index contributed by atoms with van der Waals surface area (Å²) in [5.74, 6) is -0.757. The first-order valence-electron chi connectivity index (χ1n) is 5.56. The molecule has 2 N–H and O–H groups in total. The van der Waals surface area contributed by atoms with Crippen molar-refractivity contribution in [2.75, 3.05) is 12.8 Å². The molecule has 0 bridgehead atoms. The summed E-state index contributed by atoms with van der Waals surface area (Å²) in [6.07, 6.45) is 0. The smallest absolute Gasteiger partial charge is 0.198 e. The molecule has 104 valence electrons. The van der Waals surface area contributed by atoms with E-state index in [9.17, 15) is 9.18 Å². The Kier molecular flexibility index (Phi) is 4.30. The molecule has 0 unspecified atom stereocenters. The number of nitrogens with two attached hydrogens (primary N) is 1. The Morgan fingerprint density at radius 2 is 2.00 bits per heavy atom. The van der Waals surface area contributed by atoms with E-state index in [1.807, 2.05) is 0 Å². The highest BCUT2D eigenvalue weighted by Gasteiger charge is 2.19. The molecule has 0 amide bonds. The molecule has 20 heavy (non-hydrogen) atoms. The Labute approximate surface area is 128 Å². The molecule has 0 saturated carbocycles. The van der Waals surface area contributed by atoms with Gasteiger partial charge in [0.25, 0.3) is 0 Å². The van der Waals surface area contributed by atoms with Crippen LogP contribution in [0.2, 0.25) is 5.02 Å². The van der Waals surface area contributed by atoms with Gasteiger partial charge in [-0.15, -0.1) is 0 Å². The first kappa shape index (κ1) is 14.8. The van der Waals surface area contributed by atoms with Crippen LogP contribution in [0.3, 0.4) is 0 Å². The molecule has 0 radical (unpaired) electrons. The standard InChI is InChI=1S/C14H10BrClFNO2/c1-20-7-2-3-13(18)9(4-7)14(19)8-5-11(16)10(15)6-12(8)17/h2-6H,18H2,1H3. The molecule has 0 aliphatic rings. The molecular weight excluding hydrogens is 349 g/mol. The van der Waals surface area contributed by atoms with Crippen LogP contribution >= 0.6 is 27.5 Å². The Morgan fingerprint density at radius 1 is 1.30 bits per heavy atom. The lowest BCUT2D eigenvalue weighted by molar-refractivity contribution is 0.103. The maximum absolute atomic E-state index is 13.9. The molecule has 0 aliphatic heterocycles. The summed E-state index contributed by atoms with van der Waals surface area (Å²) in [5.41, 5.74) is 6.03. The fraction of sp³-hybridized carbons (Fsp3) is 0.0714. The van der Waals surface area contributed by atoms with Crippen molar-refractivity contribution in [1.82, 2.24) is 0 Å². The van der Waals surface area contributed by atoms with E-state index in [2.05, 4.69) is 15.9 Å². The second kappa shape index (κ2) is 5.81. The number of ketones is 1. The zero-order chi connectivity index (χ0) is 14.9. The van der Waals surface area contributed by atoms with Gasteiger partial charge in [-0.25, -0.2) is 4.39 Å². The molecule has 0 spiro atoms. The minimum Gasteiger partial charge on any atom is -0.497 e. The number of ether oxygens (including phenoxy) is 1. The number of rotatable bonds is 3. The van der Waals surface area contributed by atoms with Gasteiger partial charge in [0, 0.05) is 15.7 Å². The third kappa shape index (κ3) is 2.78. The predicted octanol–water partition coefficient (Wildman–Crippen LogP) is 4.06. The van der Waals surface area contributed by atoms with E-state index in [1.54, 1.807) is 6.07 Å². The van der Waals surface area contributed by atoms with Gasteiger partial charge in [-0.1, -0.05) is 11.6 Å². The van der Waals surface area contributed by atoms with Crippen LogP contribution in [0.25, 0.3) is 0 Å². The van der Waals surface area contributed by atoms with E-state index in [0.717, 1.165) is 6.07 Å². The van der Waals surface area contributed by atoms with Gasteiger partial charge in [-0.05, 0) is 46.3 Å². The maximum atomic E-state index is 13.9. The van der Waals surface area contributed by atoms with Crippen LogP contribution in [0, 0.1) is 5.82 Å². The van der Waals surface area contributed by atoms with Crippen LogP contribution in [0.4, 0.5) is 10.1 Å². The average Bonchev–Trinajstić information content (AvgIpc) is 2.42. The molecule has 0 aromatic heterocycles. The molecular formula is C14H10BrClFNO2. The summed E-state index contributed by atoms with van der Waals surface area (Å²) < 4.78 is 19.3. The highest BCUT2D eigenvalue weighted by molar-refractivity contribution is 9.10. The van der Waals surface area contributed by atoms with E-state index in [0.29, 0.717) is 10.2 Å². The second-order valence-electron chi connectivity index (χ2n) is 4.03. The van der Waals surface area contributed by atoms with Crippen LogP contribution in [-0.4, -0.2) is 12.9 Å². The fourth-order valence-corrected chi connectivity index (χ4v) is 2.18. The minimum atomic E-state index is -0.673. The van der Waals surface area contributed by atoms with Crippen LogP contribution < -0.4 is 10.5 Å². The minimum absolute atomic E-state index is 0.141. The quantitative estimate of drug-likeness (QED) is 0.511. The zero-order valence-electron chi connectivity index (χ0n) is 10.4. The monoisotopic (exact) mass is 357 g/mol. The number of halogens is 3. The SMILES string of the molecule is COc1ccc(N)c(C(=O)c2cc(Cl)c(Br)cc2F)c1. The lowest BCUT2D eigenvalue weighted by Gasteiger charge is -2.09. The van der Waals surface area contributed by atoms with Crippen molar-refractivity contribution in [1.29, 1.82) is 0 Å². The highest BCUT2D eigenvalue weighted by atomic mass is 79.9. The number of hydrogen-bond donors (Lipinski definition) is 1. The molecule has 2 aromatic rings. The number of carbonyl (C=O) groups is 1. The van der Waals surface area contributed by atoms with E-state index in [-0.39, 0.29) is 21.8 Å². The molecule has 6 heteroatoms. The first-order chi connectivity index (χ1) is 9.43. The molecule has 2 rings (SSSR count). The van der Waals surface area contributed by atoms with E-state index in [1.165, 1.54) is 25.3 Å². The number of hydrogen-bond acceptors (Lipinski definition) is 3. The molecule has 2 aromatic carbocycles. The Bertz CT molecular complexity index is 691. The number of carbonyl (C=O) groups excluding carboxylic acids is 1. The summed E-state index contributed by atoms with van der Waals surface area (Å²) in [7, 11) is 1.47. The third-order valence-corrected chi connectivity index (χ3v) is 3.96.